The van der Waals surface area contributed by atoms with E-state index < -0.39 is 5.82 Å². The van der Waals surface area contributed by atoms with E-state index in [1.807, 2.05) is 0 Å². The number of amides is 2. The lowest BCUT2D eigenvalue weighted by Gasteiger charge is -2.57. The van der Waals surface area contributed by atoms with Crippen molar-refractivity contribution < 1.29 is 14.0 Å². The molecule has 4 aliphatic carbocycles. The van der Waals surface area contributed by atoms with Crippen molar-refractivity contribution in [3.63, 3.8) is 0 Å². The number of rotatable bonds is 4. The Morgan fingerprint density at radius 1 is 0.966 bits per heavy atom. The first-order valence-electron chi connectivity index (χ1n) is 11.1. The number of benzene rings is 1. The highest BCUT2D eigenvalue weighted by atomic mass is 19.1. The van der Waals surface area contributed by atoms with Gasteiger partial charge in [-0.3, -0.25) is 14.5 Å². The van der Waals surface area contributed by atoms with Gasteiger partial charge in [0.2, 0.25) is 11.8 Å². The lowest BCUT2D eigenvalue weighted by molar-refractivity contribution is -0.159. The second-order valence-electron chi connectivity index (χ2n) is 9.79. The Balaban J connectivity index is 1.14. The van der Waals surface area contributed by atoms with Gasteiger partial charge in [-0.05, 0) is 68.4 Å². The van der Waals surface area contributed by atoms with Crippen molar-refractivity contribution in [2.45, 2.75) is 38.5 Å². The van der Waals surface area contributed by atoms with Crippen molar-refractivity contribution >= 4 is 17.5 Å². The lowest BCUT2D eigenvalue weighted by atomic mass is 9.49. The van der Waals surface area contributed by atoms with Crippen molar-refractivity contribution in [2.75, 3.05) is 38.0 Å². The van der Waals surface area contributed by atoms with Crippen molar-refractivity contribution in [1.82, 2.24) is 9.80 Å². The quantitative estimate of drug-likeness (QED) is 0.846. The fraction of sp³-hybridized carbons (Fsp3) is 0.652. The zero-order valence-corrected chi connectivity index (χ0v) is 16.9. The number of carbonyl (C=O) groups excluding carboxylic acids is 2. The topological polar surface area (TPSA) is 52.7 Å². The molecule has 0 atom stereocenters. The number of anilines is 1. The van der Waals surface area contributed by atoms with E-state index in [1.54, 1.807) is 18.2 Å². The van der Waals surface area contributed by atoms with Crippen LogP contribution < -0.4 is 5.32 Å². The van der Waals surface area contributed by atoms with Gasteiger partial charge < -0.3 is 10.2 Å². The minimum Gasteiger partial charge on any atom is -0.340 e. The van der Waals surface area contributed by atoms with E-state index in [1.165, 1.54) is 25.3 Å². The number of halogens is 1. The molecule has 156 valence electrons. The molecular formula is C23H30FN3O2. The van der Waals surface area contributed by atoms with Crippen LogP contribution in [0.4, 0.5) is 10.1 Å². The Hall–Kier alpha value is -1.95. The molecule has 2 amide bonds. The number of piperazine rings is 1. The molecule has 5 nitrogen and oxygen atoms in total. The van der Waals surface area contributed by atoms with Crippen LogP contribution in [0, 0.1) is 29.0 Å². The molecule has 4 saturated carbocycles. The number of nitrogens with zero attached hydrogens (tertiary/aromatic N) is 2. The van der Waals surface area contributed by atoms with E-state index in [-0.39, 0.29) is 23.6 Å². The average molecular weight is 400 g/mol. The van der Waals surface area contributed by atoms with Crippen LogP contribution in [-0.4, -0.2) is 54.3 Å². The average Bonchev–Trinajstić information content (AvgIpc) is 2.69. The van der Waals surface area contributed by atoms with Crippen LogP contribution in [0.5, 0.6) is 0 Å². The smallest absolute Gasteiger partial charge is 0.238 e. The summed E-state index contributed by atoms with van der Waals surface area (Å²) in [5.41, 5.74) is 0.132. The number of para-hydroxylation sites is 1. The molecule has 4 bridgehead atoms. The molecule has 6 heteroatoms. The summed E-state index contributed by atoms with van der Waals surface area (Å²) in [5.74, 6) is 2.06. The maximum absolute atomic E-state index is 13.7. The zero-order valence-electron chi connectivity index (χ0n) is 16.9. The van der Waals surface area contributed by atoms with Gasteiger partial charge >= 0.3 is 0 Å². The molecule has 0 unspecified atom stereocenters. The molecule has 5 fully saturated rings. The first kappa shape index (κ1) is 19.0. The van der Waals surface area contributed by atoms with Gasteiger partial charge in [0, 0.05) is 26.2 Å². The Morgan fingerprint density at radius 3 is 2.14 bits per heavy atom. The summed E-state index contributed by atoms with van der Waals surface area (Å²) in [5, 5.41) is 2.64. The monoisotopic (exact) mass is 399 g/mol. The standard InChI is InChI=1S/C23H30FN3O2/c24-19-3-1-2-4-20(19)25-21(28)15-26-5-7-27(8-6-26)22(29)23-12-16-9-17(13-23)11-18(10-16)14-23/h1-4,16-18H,5-15H2,(H,25,28). The summed E-state index contributed by atoms with van der Waals surface area (Å²) in [6, 6.07) is 6.21. The Bertz CT molecular complexity index is 768. The van der Waals surface area contributed by atoms with Gasteiger partial charge in [-0.1, -0.05) is 12.1 Å². The van der Waals surface area contributed by atoms with Gasteiger partial charge in [0.25, 0.3) is 0 Å². The summed E-state index contributed by atoms with van der Waals surface area (Å²) in [6.45, 7) is 3.00. The predicted molar refractivity (Wildman–Crippen MR) is 109 cm³/mol. The van der Waals surface area contributed by atoms with Gasteiger partial charge in [0.1, 0.15) is 5.82 Å². The van der Waals surface area contributed by atoms with E-state index in [9.17, 15) is 14.0 Å². The maximum atomic E-state index is 13.7. The number of hydrogen-bond donors (Lipinski definition) is 1. The van der Waals surface area contributed by atoms with Gasteiger partial charge in [-0.2, -0.15) is 0 Å². The molecule has 6 rings (SSSR count). The minimum absolute atomic E-state index is 0.0842. The molecule has 1 heterocycles. The normalized spacial score (nSPS) is 33.7. The third-order valence-electron chi connectivity index (χ3n) is 7.67. The van der Waals surface area contributed by atoms with Crippen molar-refractivity contribution in [3.05, 3.63) is 30.1 Å². The zero-order chi connectivity index (χ0) is 20.0. The number of hydrogen-bond acceptors (Lipinski definition) is 3. The highest BCUT2D eigenvalue weighted by Crippen LogP contribution is 2.60. The number of carbonyl (C=O) groups is 2. The van der Waals surface area contributed by atoms with Crippen LogP contribution in [0.15, 0.2) is 24.3 Å². The second kappa shape index (κ2) is 7.38. The predicted octanol–water partition coefficient (Wildman–Crippen LogP) is 3.12. The largest absolute Gasteiger partial charge is 0.340 e. The third-order valence-corrected chi connectivity index (χ3v) is 7.67. The van der Waals surface area contributed by atoms with Crippen LogP contribution in [0.2, 0.25) is 0 Å². The van der Waals surface area contributed by atoms with Crippen LogP contribution in [0.3, 0.4) is 0 Å². The molecule has 0 spiro atoms. The molecule has 1 aliphatic heterocycles. The first-order chi connectivity index (χ1) is 14.0. The third kappa shape index (κ3) is 3.67. The van der Waals surface area contributed by atoms with Gasteiger partial charge in [-0.25, -0.2) is 4.39 Å². The van der Waals surface area contributed by atoms with Crippen LogP contribution in [-0.2, 0) is 9.59 Å². The molecule has 1 N–H and O–H groups in total. The highest BCUT2D eigenvalue weighted by Gasteiger charge is 2.55. The first-order valence-corrected chi connectivity index (χ1v) is 11.1. The lowest BCUT2D eigenvalue weighted by Crippen LogP contribution is -2.58. The van der Waals surface area contributed by atoms with Crippen molar-refractivity contribution in [2.24, 2.45) is 23.2 Å². The molecule has 1 aromatic rings. The van der Waals surface area contributed by atoms with Gasteiger partial charge in [0.15, 0.2) is 0 Å². The summed E-state index contributed by atoms with van der Waals surface area (Å²) >= 11 is 0. The van der Waals surface area contributed by atoms with Gasteiger partial charge in [0.05, 0.1) is 17.6 Å². The molecule has 0 radical (unpaired) electrons. The molecular weight excluding hydrogens is 369 g/mol. The molecule has 5 aliphatic rings. The van der Waals surface area contributed by atoms with E-state index in [2.05, 4.69) is 15.1 Å². The SMILES string of the molecule is O=C(CN1CCN(C(=O)C23CC4CC(CC(C4)C2)C3)CC1)Nc1ccccc1F. The molecule has 1 aromatic carbocycles. The molecule has 1 saturated heterocycles. The van der Waals surface area contributed by atoms with Crippen molar-refractivity contribution in [1.29, 1.82) is 0 Å². The number of nitrogens with one attached hydrogen (secondary N) is 1. The fourth-order valence-electron chi connectivity index (χ4n) is 6.77. The van der Waals surface area contributed by atoms with E-state index in [0.29, 0.717) is 32.1 Å². The van der Waals surface area contributed by atoms with Crippen LogP contribution >= 0.6 is 0 Å². The summed E-state index contributed by atoms with van der Waals surface area (Å²) < 4.78 is 13.7. The summed E-state index contributed by atoms with van der Waals surface area (Å²) in [4.78, 5) is 29.8. The van der Waals surface area contributed by atoms with E-state index in [4.69, 9.17) is 0 Å². The Labute approximate surface area is 171 Å². The second-order valence-corrected chi connectivity index (χ2v) is 9.79. The molecule has 29 heavy (non-hydrogen) atoms. The summed E-state index contributed by atoms with van der Waals surface area (Å²) in [6.07, 6.45) is 7.33. The van der Waals surface area contributed by atoms with Gasteiger partial charge in [-0.15, -0.1) is 0 Å². The maximum Gasteiger partial charge on any atom is 0.238 e. The molecule has 0 aromatic heterocycles. The highest BCUT2D eigenvalue weighted by molar-refractivity contribution is 5.92. The summed E-state index contributed by atoms with van der Waals surface area (Å²) in [7, 11) is 0. The Kier molecular flexibility index (Phi) is 4.85. The van der Waals surface area contributed by atoms with E-state index in [0.717, 1.165) is 37.0 Å². The fourth-order valence-corrected chi connectivity index (χ4v) is 6.77. The minimum atomic E-state index is -0.424. The van der Waals surface area contributed by atoms with Crippen molar-refractivity contribution in [3.8, 4) is 0 Å². The Morgan fingerprint density at radius 2 is 1.55 bits per heavy atom. The van der Waals surface area contributed by atoms with Crippen LogP contribution in [0.25, 0.3) is 0 Å². The van der Waals surface area contributed by atoms with E-state index >= 15 is 0 Å². The van der Waals surface area contributed by atoms with Crippen LogP contribution in [0.1, 0.15) is 38.5 Å².